The van der Waals surface area contributed by atoms with E-state index in [9.17, 15) is 18.3 Å². The van der Waals surface area contributed by atoms with Crippen LogP contribution in [0.1, 0.15) is 67.4 Å². The second-order valence-corrected chi connectivity index (χ2v) is 14.9. The molecule has 0 radical (unpaired) electrons. The van der Waals surface area contributed by atoms with Gasteiger partial charge >= 0.3 is 0 Å². The number of ether oxygens (including phenoxy) is 2. The molecular formula is C32H44ClN3O7S. The van der Waals surface area contributed by atoms with E-state index in [1.165, 1.54) is 11.1 Å². The minimum Gasteiger partial charge on any atom is -0.490 e. The molecule has 1 fully saturated rings. The first-order valence-electron chi connectivity index (χ1n) is 15.5. The van der Waals surface area contributed by atoms with Gasteiger partial charge in [-0.25, -0.2) is 18.1 Å². The van der Waals surface area contributed by atoms with Crippen LogP contribution in [0.15, 0.2) is 36.4 Å². The number of sulfonamides is 1. The summed E-state index contributed by atoms with van der Waals surface area (Å²) in [7, 11) is -3.96. The van der Waals surface area contributed by atoms with Gasteiger partial charge in [-0.2, -0.15) is 0 Å². The van der Waals surface area contributed by atoms with Crippen molar-refractivity contribution in [3.8, 4) is 5.75 Å². The van der Waals surface area contributed by atoms with Crippen molar-refractivity contribution in [2.24, 2.45) is 5.92 Å². The number of hydrazine groups is 1. The normalized spacial score (nSPS) is 23.7. The van der Waals surface area contributed by atoms with Crippen molar-refractivity contribution in [3.05, 3.63) is 58.1 Å². The van der Waals surface area contributed by atoms with Gasteiger partial charge in [-0.1, -0.05) is 31.0 Å². The highest BCUT2D eigenvalue weighted by Crippen LogP contribution is 2.45. The third-order valence-corrected chi connectivity index (χ3v) is 11.7. The monoisotopic (exact) mass is 649 g/mol. The number of morpholine rings is 1. The number of aryl methyl sites for hydroxylation is 1. The molecule has 3 aliphatic rings. The maximum atomic E-state index is 13.4. The number of hydrogen-bond donors (Lipinski definition) is 3. The van der Waals surface area contributed by atoms with Gasteiger partial charge in [0.25, 0.3) is 5.91 Å². The predicted molar refractivity (Wildman–Crippen MR) is 170 cm³/mol. The number of hydrogen-bond acceptors (Lipinski definition) is 9. The third kappa shape index (κ3) is 6.88. The van der Waals surface area contributed by atoms with E-state index in [1.807, 2.05) is 19.1 Å². The summed E-state index contributed by atoms with van der Waals surface area (Å²) in [5.74, 6) is -0.320. The van der Waals surface area contributed by atoms with Crippen LogP contribution in [-0.2, 0) is 26.6 Å². The maximum absolute atomic E-state index is 13.4. The van der Waals surface area contributed by atoms with Gasteiger partial charge in [0, 0.05) is 35.7 Å². The molecule has 5 rings (SSSR count). The number of rotatable bonds is 10. The van der Waals surface area contributed by atoms with Crippen LogP contribution in [0.25, 0.3) is 0 Å². The second-order valence-electron chi connectivity index (χ2n) is 12.4. The Bertz CT molecular complexity index is 1440. The first-order chi connectivity index (χ1) is 21.1. The number of halogens is 1. The fourth-order valence-electron chi connectivity index (χ4n) is 6.71. The molecule has 2 aliphatic heterocycles. The molecule has 2 aromatic rings. The molecule has 1 saturated heterocycles. The minimum atomic E-state index is -3.96. The molecule has 4 atom stereocenters. The summed E-state index contributed by atoms with van der Waals surface area (Å²) in [4.78, 5) is 13.4. The highest BCUT2D eigenvalue weighted by Gasteiger charge is 2.44. The largest absolute Gasteiger partial charge is 0.490 e. The van der Waals surface area contributed by atoms with E-state index in [2.05, 4.69) is 20.8 Å². The molecule has 44 heavy (non-hydrogen) atoms. The number of unbranched alkanes of at least 4 members (excludes halogenated alkanes) is 1. The molecule has 2 heterocycles. The van der Waals surface area contributed by atoms with Crippen molar-refractivity contribution in [3.63, 3.8) is 0 Å². The molecule has 10 nitrogen and oxygen atoms in total. The van der Waals surface area contributed by atoms with Gasteiger partial charge in [0.05, 0.1) is 43.4 Å². The van der Waals surface area contributed by atoms with Crippen LogP contribution in [0, 0.1) is 5.92 Å². The average molecular weight is 650 g/mol. The van der Waals surface area contributed by atoms with Gasteiger partial charge in [-0.05, 0) is 86.4 Å². The summed E-state index contributed by atoms with van der Waals surface area (Å²) >= 11 is 6.37. The van der Waals surface area contributed by atoms with E-state index in [0.717, 1.165) is 19.3 Å². The van der Waals surface area contributed by atoms with E-state index in [1.54, 1.807) is 25.1 Å². The number of carbonyl (C=O) groups excluding carboxylic acids is 1. The topological polar surface area (TPSA) is 129 Å². The van der Waals surface area contributed by atoms with E-state index in [4.69, 9.17) is 26.2 Å². The highest BCUT2D eigenvalue weighted by molar-refractivity contribution is 7.90. The summed E-state index contributed by atoms with van der Waals surface area (Å²) in [5, 5.41) is 23.5. The zero-order valence-corrected chi connectivity index (χ0v) is 27.1. The molecule has 12 heteroatoms. The number of anilines is 1. The molecule has 0 bridgehead atoms. The number of aliphatic hydroxyl groups is 2. The lowest BCUT2D eigenvalue weighted by Gasteiger charge is -2.47. The Labute approximate surface area is 265 Å². The van der Waals surface area contributed by atoms with Crippen LogP contribution in [0.5, 0.6) is 5.75 Å². The molecule has 0 saturated carbocycles. The van der Waals surface area contributed by atoms with Gasteiger partial charge in [0.15, 0.2) is 0 Å². The summed E-state index contributed by atoms with van der Waals surface area (Å²) in [6.45, 7) is 5.73. The molecule has 242 valence electrons. The van der Waals surface area contributed by atoms with E-state index < -0.39 is 21.2 Å². The lowest BCUT2D eigenvalue weighted by molar-refractivity contribution is -0.0354. The number of carbonyl (C=O) groups is 1. The van der Waals surface area contributed by atoms with Crippen molar-refractivity contribution in [2.45, 2.75) is 69.1 Å². The molecule has 0 aromatic heterocycles. The number of benzene rings is 2. The molecular weight excluding hydrogens is 606 g/mol. The van der Waals surface area contributed by atoms with Gasteiger partial charge in [0.1, 0.15) is 5.75 Å². The summed E-state index contributed by atoms with van der Waals surface area (Å²) in [6, 6.07) is 10.7. The standard InChI is InChI=1S/C32H44ClN3O7S/c1-22(6-3-4-14-37)23(2)44(40,41)34-31(39)25-8-11-30-29(17-25)36(35-13-15-42-19-27(35)18-38)20-32(21-43-30)12-5-7-24-16-26(33)9-10-28(24)32/h8-11,16-17,22-23,27,37-38H,3-7,12-15,18-21H2,1-2H3,(H,34,39)/t22-,23+,27+,32-/m0/s1. The Morgan fingerprint density at radius 3 is 2.77 bits per heavy atom. The van der Waals surface area contributed by atoms with Gasteiger partial charge in [-0.3, -0.25) is 4.79 Å². The maximum Gasteiger partial charge on any atom is 0.264 e. The van der Waals surface area contributed by atoms with Crippen molar-refractivity contribution >= 4 is 33.2 Å². The van der Waals surface area contributed by atoms with E-state index >= 15 is 0 Å². The summed E-state index contributed by atoms with van der Waals surface area (Å²) in [6.07, 6.45) is 4.73. The molecule has 1 spiro atoms. The number of fused-ring (bicyclic) bond motifs is 3. The Hall–Kier alpha value is -2.41. The zero-order chi connectivity index (χ0) is 31.5. The molecule has 0 unspecified atom stereocenters. The van der Waals surface area contributed by atoms with E-state index in [0.29, 0.717) is 68.6 Å². The fourth-order valence-corrected chi connectivity index (χ4v) is 8.21. The summed E-state index contributed by atoms with van der Waals surface area (Å²) in [5.41, 5.74) is 2.85. The first kappa shape index (κ1) is 33.0. The number of amides is 1. The van der Waals surface area contributed by atoms with Crippen molar-refractivity contribution < 1.29 is 32.9 Å². The van der Waals surface area contributed by atoms with Crippen LogP contribution < -0.4 is 14.5 Å². The smallest absolute Gasteiger partial charge is 0.264 e. The van der Waals surface area contributed by atoms with Crippen LogP contribution >= 0.6 is 11.6 Å². The number of aliphatic hydroxyl groups excluding tert-OH is 2. The lowest BCUT2D eigenvalue weighted by Crippen LogP contribution is -2.60. The third-order valence-electron chi connectivity index (χ3n) is 9.51. The van der Waals surface area contributed by atoms with Crippen molar-refractivity contribution in [1.82, 2.24) is 9.73 Å². The highest BCUT2D eigenvalue weighted by atomic mass is 35.5. The van der Waals surface area contributed by atoms with Crippen molar-refractivity contribution in [1.29, 1.82) is 0 Å². The average Bonchev–Trinajstić information content (AvgIpc) is 3.17. The Balaban J connectivity index is 1.47. The Morgan fingerprint density at radius 1 is 1.18 bits per heavy atom. The fraction of sp³-hybridized carbons (Fsp3) is 0.594. The van der Waals surface area contributed by atoms with Gasteiger partial charge in [-0.15, -0.1) is 0 Å². The first-order valence-corrected chi connectivity index (χ1v) is 17.5. The molecule has 1 aliphatic carbocycles. The quantitative estimate of drug-likeness (QED) is 0.330. The Kier molecular flexibility index (Phi) is 10.4. The van der Waals surface area contributed by atoms with Crippen LogP contribution in [-0.4, -0.2) is 87.0 Å². The number of nitrogens with one attached hydrogen (secondary N) is 1. The minimum absolute atomic E-state index is 0.0646. The molecule has 1 amide bonds. The molecule has 2 aromatic carbocycles. The van der Waals surface area contributed by atoms with Crippen LogP contribution in [0.4, 0.5) is 5.69 Å². The lowest BCUT2D eigenvalue weighted by atomic mass is 9.70. The molecule has 3 N–H and O–H groups in total. The van der Waals surface area contributed by atoms with Crippen LogP contribution in [0.3, 0.4) is 0 Å². The second kappa shape index (κ2) is 13.9. The number of nitrogens with zero attached hydrogens (tertiary/aromatic N) is 2. The predicted octanol–water partition coefficient (Wildman–Crippen LogP) is 3.67. The van der Waals surface area contributed by atoms with E-state index in [-0.39, 0.29) is 36.2 Å². The van der Waals surface area contributed by atoms with Gasteiger partial charge in [0.2, 0.25) is 10.0 Å². The van der Waals surface area contributed by atoms with Crippen molar-refractivity contribution in [2.75, 3.05) is 51.1 Å². The SMILES string of the molecule is C[C@H]([C@@H](C)CCCCO)S(=O)(=O)NC(=O)c1ccc2c(c1)N(N1CCOC[C@H]1CO)C[C@@]1(CCCc3cc(Cl)ccc31)CO2. The van der Waals surface area contributed by atoms with Crippen LogP contribution in [0.2, 0.25) is 5.02 Å². The summed E-state index contributed by atoms with van der Waals surface area (Å²) < 4.78 is 40.9. The van der Waals surface area contributed by atoms with Gasteiger partial charge < -0.3 is 24.7 Å². The zero-order valence-electron chi connectivity index (χ0n) is 25.5. The Morgan fingerprint density at radius 2 is 2.00 bits per heavy atom.